The van der Waals surface area contributed by atoms with Crippen molar-refractivity contribution in [1.82, 2.24) is 4.90 Å². The second-order valence-corrected chi connectivity index (χ2v) is 7.15. The summed E-state index contributed by atoms with van der Waals surface area (Å²) in [5, 5.41) is 10.4. The Balaban J connectivity index is 2.00. The van der Waals surface area contributed by atoms with E-state index in [0.29, 0.717) is 6.54 Å². The van der Waals surface area contributed by atoms with E-state index < -0.39 is 6.10 Å². The third-order valence-electron chi connectivity index (χ3n) is 3.15. The molecule has 20 heavy (non-hydrogen) atoms. The van der Waals surface area contributed by atoms with Gasteiger partial charge in [0.1, 0.15) is 0 Å². The normalized spacial score (nSPS) is 12.7. The lowest BCUT2D eigenvalue weighted by Crippen LogP contribution is -2.25. The van der Waals surface area contributed by atoms with Crippen LogP contribution >= 0.6 is 45.2 Å². The van der Waals surface area contributed by atoms with Crippen LogP contribution in [0.1, 0.15) is 17.2 Å². The Morgan fingerprint density at radius 3 is 2.25 bits per heavy atom. The number of hydrogen-bond acceptors (Lipinski definition) is 2. The average Bonchev–Trinajstić information content (AvgIpc) is 2.41. The molecule has 2 rings (SSSR count). The summed E-state index contributed by atoms with van der Waals surface area (Å²) in [5.74, 6) is 0. The summed E-state index contributed by atoms with van der Waals surface area (Å²) in [6.07, 6.45) is -0.450. The van der Waals surface area contributed by atoms with Gasteiger partial charge in [-0.25, -0.2) is 0 Å². The summed E-state index contributed by atoms with van der Waals surface area (Å²) in [5.41, 5.74) is 2.30. The van der Waals surface area contributed by atoms with E-state index in [4.69, 9.17) is 0 Å². The van der Waals surface area contributed by atoms with E-state index in [1.54, 1.807) is 0 Å². The number of benzene rings is 2. The van der Waals surface area contributed by atoms with Crippen molar-refractivity contribution in [2.75, 3.05) is 13.6 Å². The van der Waals surface area contributed by atoms with Crippen LogP contribution in [0.4, 0.5) is 0 Å². The predicted molar refractivity (Wildman–Crippen MR) is 99.6 cm³/mol. The molecule has 2 aromatic rings. The van der Waals surface area contributed by atoms with E-state index in [-0.39, 0.29) is 0 Å². The molecule has 0 amide bonds. The van der Waals surface area contributed by atoms with E-state index >= 15 is 0 Å². The Bertz CT molecular complexity index is 574. The number of hydrogen-bond donors (Lipinski definition) is 1. The highest BCUT2D eigenvalue weighted by Crippen LogP contribution is 2.21. The van der Waals surface area contributed by atoms with E-state index in [0.717, 1.165) is 15.7 Å². The van der Waals surface area contributed by atoms with Crippen LogP contribution in [0.2, 0.25) is 0 Å². The van der Waals surface area contributed by atoms with Crippen LogP contribution in [0, 0.1) is 7.14 Å². The summed E-state index contributed by atoms with van der Waals surface area (Å²) in [4.78, 5) is 2.16. The van der Waals surface area contributed by atoms with Gasteiger partial charge in [-0.15, -0.1) is 0 Å². The molecule has 1 atom stereocenters. The Morgan fingerprint density at radius 2 is 1.60 bits per heavy atom. The minimum absolute atomic E-state index is 0.450. The quantitative estimate of drug-likeness (QED) is 0.636. The highest BCUT2D eigenvalue weighted by Gasteiger charge is 2.14. The first-order valence-electron chi connectivity index (χ1n) is 6.42. The first-order chi connectivity index (χ1) is 9.58. The zero-order valence-electron chi connectivity index (χ0n) is 11.3. The van der Waals surface area contributed by atoms with Crippen molar-refractivity contribution in [2.24, 2.45) is 0 Å². The Morgan fingerprint density at radius 1 is 1.00 bits per heavy atom. The summed E-state index contributed by atoms with van der Waals surface area (Å²) in [6, 6.07) is 16.3. The van der Waals surface area contributed by atoms with Gasteiger partial charge >= 0.3 is 0 Å². The van der Waals surface area contributed by atoms with Crippen LogP contribution in [0.3, 0.4) is 0 Å². The van der Waals surface area contributed by atoms with Crippen molar-refractivity contribution in [1.29, 1.82) is 0 Å². The van der Waals surface area contributed by atoms with Gasteiger partial charge in [0.2, 0.25) is 0 Å². The first kappa shape index (κ1) is 16.2. The van der Waals surface area contributed by atoms with E-state index in [9.17, 15) is 5.11 Å². The molecule has 0 saturated carbocycles. The average molecular weight is 493 g/mol. The molecular formula is C16H17I2NO. The van der Waals surface area contributed by atoms with Crippen molar-refractivity contribution in [3.8, 4) is 0 Å². The number of nitrogens with zero attached hydrogens (tertiary/aromatic N) is 1. The second kappa shape index (κ2) is 7.72. The minimum Gasteiger partial charge on any atom is -0.387 e. The van der Waals surface area contributed by atoms with Crippen LogP contribution in [0.15, 0.2) is 48.5 Å². The molecule has 0 aromatic heterocycles. The maximum absolute atomic E-state index is 10.4. The molecule has 1 unspecified atom stereocenters. The monoisotopic (exact) mass is 493 g/mol. The van der Waals surface area contributed by atoms with Crippen LogP contribution in [0.5, 0.6) is 0 Å². The largest absolute Gasteiger partial charge is 0.387 e. The molecule has 2 aromatic carbocycles. The first-order valence-corrected chi connectivity index (χ1v) is 8.58. The topological polar surface area (TPSA) is 23.5 Å². The maximum Gasteiger partial charge on any atom is 0.0927 e. The van der Waals surface area contributed by atoms with Gasteiger partial charge in [-0.3, -0.25) is 4.90 Å². The van der Waals surface area contributed by atoms with Gasteiger partial charge < -0.3 is 5.11 Å². The van der Waals surface area contributed by atoms with Gasteiger partial charge in [-0.05, 0) is 75.5 Å². The lowest BCUT2D eigenvalue weighted by atomic mass is 10.1. The molecule has 0 radical (unpaired) electrons. The summed E-state index contributed by atoms with van der Waals surface area (Å²) in [7, 11) is 2.04. The standard InChI is InChI=1S/C16H17I2NO/c1-19(10-12-6-2-4-8-14(12)17)11-16(20)13-7-3-5-9-15(13)18/h2-9,16,20H,10-11H2,1H3. The number of aliphatic hydroxyl groups is 1. The summed E-state index contributed by atoms with van der Waals surface area (Å²) < 4.78 is 2.38. The smallest absolute Gasteiger partial charge is 0.0927 e. The van der Waals surface area contributed by atoms with E-state index in [1.165, 1.54) is 9.13 Å². The number of rotatable bonds is 5. The Hall–Kier alpha value is -0.180. The second-order valence-electron chi connectivity index (χ2n) is 4.83. The molecule has 0 spiro atoms. The van der Waals surface area contributed by atoms with Crippen molar-refractivity contribution in [3.05, 3.63) is 66.8 Å². The fourth-order valence-corrected chi connectivity index (χ4v) is 3.43. The SMILES string of the molecule is CN(Cc1ccccc1I)CC(O)c1ccccc1I. The van der Waals surface area contributed by atoms with Crippen molar-refractivity contribution in [2.45, 2.75) is 12.6 Å². The van der Waals surface area contributed by atoms with Crippen molar-refractivity contribution < 1.29 is 5.11 Å². The van der Waals surface area contributed by atoms with Crippen LogP contribution in [-0.4, -0.2) is 23.6 Å². The summed E-state index contributed by atoms with van der Waals surface area (Å²) in [6.45, 7) is 1.48. The van der Waals surface area contributed by atoms with Crippen LogP contribution < -0.4 is 0 Å². The van der Waals surface area contributed by atoms with Gasteiger partial charge in [0.25, 0.3) is 0 Å². The number of halogens is 2. The number of likely N-dealkylation sites (N-methyl/N-ethyl adjacent to an activating group) is 1. The fraction of sp³-hybridized carbons (Fsp3) is 0.250. The third kappa shape index (κ3) is 4.41. The van der Waals surface area contributed by atoms with Crippen LogP contribution in [-0.2, 0) is 6.54 Å². The van der Waals surface area contributed by atoms with Gasteiger partial charge in [0.15, 0.2) is 0 Å². The highest BCUT2D eigenvalue weighted by molar-refractivity contribution is 14.1. The zero-order valence-corrected chi connectivity index (χ0v) is 15.6. The molecule has 1 N–H and O–H groups in total. The van der Waals surface area contributed by atoms with Gasteiger partial charge in [0, 0.05) is 20.2 Å². The van der Waals surface area contributed by atoms with Crippen LogP contribution in [0.25, 0.3) is 0 Å². The highest BCUT2D eigenvalue weighted by atomic mass is 127. The van der Waals surface area contributed by atoms with Crippen molar-refractivity contribution in [3.63, 3.8) is 0 Å². The molecule has 0 aliphatic carbocycles. The molecule has 0 aliphatic rings. The lowest BCUT2D eigenvalue weighted by Gasteiger charge is -2.22. The Labute approximate surface area is 147 Å². The molecule has 0 aliphatic heterocycles. The molecular weight excluding hydrogens is 476 g/mol. The fourth-order valence-electron chi connectivity index (χ4n) is 2.12. The van der Waals surface area contributed by atoms with Gasteiger partial charge in [-0.1, -0.05) is 36.4 Å². The van der Waals surface area contributed by atoms with Gasteiger partial charge in [0.05, 0.1) is 6.10 Å². The minimum atomic E-state index is -0.450. The molecule has 0 heterocycles. The molecule has 4 heteroatoms. The van der Waals surface area contributed by atoms with Crippen molar-refractivity contribution >= 4 is 45.2 Å². The molecule has 106 valence electrons. The lowest BCUT2D eigenvalue weighted by molar-refractivity contribution is 0.123. The Kier molecular flexibility index (Phi) is 6.25. The molecule has 0 bridgehead atoms. The zero-order chi connectivity index (χ0) is 14.5. The maximum atomic E-state index is 10.4. The van der Waals surface area contributed by atoms with Gasteiger partial charge in [-0.2, -0.15) is 0 Å². The molecule has 2 nitrogen and oxygen atoms in total. The summed E-state index contributed by atoms with van der Waals surface area (Å²) >= 11 is 4.63. The molecule has 0 saturated heterocycles. The van der Waals surface area contributed by atoms with E-state index in [1.807, 2.05) is 37.4 Å². The predicted octanol–water partition coefficient (Wildman–Crippen LogP) is 4.06. The molecule has 0 fully saturated rings. The van der Waals surface area contributed by atoms with E-state index in [2.05, 4.69) is 68.3 Å². The number of aliphatic hydroxyl groups excluding tert-OH is 1. The third-order valence-corrected chi connectivity index (χ3v) is 5.18.